The molecule has 1 atom stereocenters. The van der Waals surface area contributed by atoms with E-state index in [9.17, 15) is 0 Å². The Kier molecular flexibility index (Phi) is 3.82. The van der Waals surface area contributed by atoms with Crippen molar-refractivity contribution in [2.75, 3.05) is 13.7 Å². The van der Waals surface area contributed by atoms with Gasteiger partial charge in [0.15, 0.2) is 6.17 Å². The first-order valence-electron chi connectivity index (χ1n) is 5.56. The van der Waals surface area contributed by atoms with Crippen LogP contribution in [-0.2, 0) is 0 Å². The number of rotatable bonds is 3. The van der Waals surface area contributed by atoms with Crippen molar-refractivity contribution in [1.82, 2.24) is 4.90 Å². The van der Waals surface area contributed by atoms with Crippen molar-refractivity contribution in [2.24, 2.45) is 10.2 Å². The van der Waals surface area contributed by atoms with Gasteiger partial charge in [-0.2, -0.15) is 5.11 Å². The van der Waals surface area contributed by atoms with Crippen LogP contribution in [0.25, 0.3) is 0 Å². The number of hydrogen-bond acceptors (Lipinski definition) is 3. The molecule has 1 aliphatic heterocycles. The van der Waals surface area contributed by atoms with Crippen molar-refractivity contribution in [3.05, 3.63) is 28.3 Å². The first-order valence-corrected chi connectivity index (χ1v) is 6.35. The first-order chi connectivity index (χ1) is 8.49. The van der Waals surface area contributed by atoms with Crippen molar-refractivity contribution in [3.8, 4) is 5.75 Å². The van der Waals surface area contributed by atoms with Crippen molar-refractivity contribution in [2.45, 2.75) is 20.0 Å². The van der Waals surface area contributed by atoms with E-state index in [0.29, 0.717) is 11.7 Å². The molecule has 0 bridgehead atoms. The van der Waals surface area contributed by atoms with Gasteiger partial charge in [-0.05, 0) is 49.3 Å². The Morgan fingerprint density at radius 3 is 2.50 bits per heavy atom. The number of benzene rings is 1. The van der Waals surface area contributed by atoms with Gasteiger partial charge in [0.05, 0.1) is 0 Å². The fraction of sp³-hybridized carbons (Fsp3) is 0.417. The second-order valence-corrected chi connectivity index (χ2v) is 5.01. The zero-order chi connectivity index (χ0) is 13.3. The molecule has 0 spiro atoms. The molecule has 0 saturated heterocycles. The lowest BCUT2D eigenvalue weighted by molar-refractivity contribution is 0.228. The molecule has 2 rings (SSSR count). The summed E-state index contributed by atoms with van der Waals surface area (Å²) >= 11 is 11.1. The predicted octanol–water partition coefficient (Wildman–Crippen LogP) is 3.34. The third kappa shape index (κ3) is 2.62. The van der Waals surface area contributed by atoms with E-state index < -0.39 is 0 Å². The van der Waals surface area contributed by atoms with E-state index in [1.54, 1.807) is 0 Å². The summed E-state index contributed by atoms with van der Waals surface area (Å²) in [5, 5.41) is 9.15. The van der Waals surface area contributed by atoms with Gasteiger partial charge in [0.1, 0.15) is 12.4 Å². The third-order valence-electron chi connectivity index (χ3n) is 2.83. The molecular formula is C12H14ClN3OS. The van der Waals surface area contributed by atoms with Crippen LogP contribution in [0.5, 0.6) is 5.75 Å². The Morgan fingerprint density at radius 2 is 2.00 bits per heavy atom. The summed E-state index contributed by atoms with van der Waals surface area (Å²) in [5.41, 5.74) is 2.01. The zero-order valence-electron chi connectivity index (χ0n) is 10.5. The average molecular weight is 284 g/mol. The lowest BCUT2D eigenvalue weighted by Crippen LogP contribution is -2.33. The number of aryl methyl sites for hydroxylation is 2. The normalized spacial score (nSPS) is 18.6. The molecule has 0 N–H and O–H groups in total. The summed E-state index contributed by atoms with van der Waals surface area (Å²) in [6.45, 7) is 4.33. The van der Waals surface area contributed by atoms with Crippen LogP contribution in [-0.4, -0.2) is 29.8 Å². The second kappa shape index (κ2) is 5.20. The van der Waals surface area contributed by atoms with Gasteiger partial charge < -0.3 is 9.64 Å². The lowest BCUT2D eigenvalue weighted by Gasteiger charge is -2.18. The van der Waals surface area contributed by atoms with Crippen molar-refractivity contribution in [3.63, 3.8) is 0 Å². The number of halogens is 1. The Bertz CT molecular complexity index is 495. The molecule has 6 heteroatoms. The molecule has 1 aromatic rings. The monoisotopic (exact) mass is 283 g/mol. The number of likely N-dealkylation sites (N-methyl/N-ethyl adjacent to an activating group) is 1. The van der Waals surface area contributed by atoms with Crippen LogP contribution in [0.4, 0.5) is 0 Å². The van der Waals surface area contributed by atoms with E-state index in [4.69, 9.17) is 28.6 Å². The molecule has 0 aliphatic carbocycles. The summed E-state index contributed by atoms with van der Waals surface area (Å²) in [6.07, 6.45) is -0.145. The Morgan fingerprint density at radius 1 is 1.39 bits per heavy atom. The van der Waals surface area contributed by atoms with Gasteiger partial charge in [0, 0.05) is 12.1 Å². The van der Waals surface area contributed by atoms with Gasteiger partial charge in [-0.15, -0.1) is 5.11 Å². The maximum atomic E-state index is 6.10. The number of ether oxygens (including phenoxy) is 1. The van der Waals surface area contributed by atoms with Gasteiger partial charge in [0.2, 0.25) is 5.11 Å². The SMILES string of the molecule is Cc1cc(OCC2N=NC(=S)N2C)cc(C)c1Cl. The highest BCUT2D eigenvalue weighted by Crippen LogP contribution is 2.26. The molecule has 96 valence electrons. The van der Waals surface area contributed by atoms with E-state index in [1.807, 2.05) is 37.9 Å². The quantitative estimate of drug-likeness (QED) is 0.799. The molecule has 0 radical (unpaired) electrons. The highest BCUT2D eigenvalue weighted by molar-refractivity contribution is 7.80. The first kappa shape index (κ1) is 13.2. The summed E-state index contributed by atoms with van der Waals surface area (Å²) < 4.78 is 5.71. The van der Waals surface area contributed by atoms with Gasteiger partial charge >= 0.3 is 0 Å². The Labute approximate surface area is 117 Å². The Hall–Kier alpha value is -1.20. The van der Waals surface area contributed by atoms with Gasteiger partial charge in [-0.25, -0.2) is 0 Å². The second-order valence-electron chi connectivity index (χ2n) is 4.27. The van der Waals surface area contributed by atoms with Crippen molar-refractivity contribution in [1.29, 1.82) is 0 Å². The smallest absolute Gasteiger partial charge is 0.217 e. The molecule has 0 aromatic heterocycles. The fourth-order valence-electron chi connectivity index (χ4n) is 1.70. The largest absolute Gasteiger partial charge is 0.489 e. The molecule has 1 aromatic carbocycles. The standard InChI is InChI=1S/C12H14ClN3OS/c1-7-4-9(5-8(2)11(7)13)17-6-10-14-15-12(18)16(10)3/h4-5,10H,6H2,1-3H3. The van der Waals surface area contributed by atoms with Gasteiger partial charge in [0.25, 0.3) is 0 Å². The van der Waals surface area contributed by atoms with E-state index >= 15 is 0 Å². The van der Waals surface area contributed by atoms with Gasteiger partial charge in [-0.3, -0.25) is 0 Å². The molecule has 1 unspecified atom stereocenters. The van der Waals surface area contributed by atoms with E-state index in [0.717, 1.165) is 21.9 Å². The Balaban J connectivity index is 2.03. The minimum Gasteiger partial charge on any atom is -0.489 e. The molecule has 1 aliphatic rings. The van der Waals surface area contributed by atoms with Crippen LogP contribution in [0, 0.1) is 13.8 Å². The third-order valence-corrected chi connectivity index (χ3v) is 3.80. The molecule has 1 heterocycles. The molecular weight excluding hydrogens is 270 g/mol. The molecule has 18 heavy (non-hydrogen) atoms. The van der Waals surface area contributed by atoms with E-state index in [1.165, 1.54) is 0 Å². The maximum Gasteiger partial charge on any atom is 0.217 e. The van der Waals surface area contributed by atoms with Crippen LogP contribution in [0.3, 0.4) is 0 Å². The average Bonchev–Trinajstić information content (AvgIpc) is 2.64. The van der Waals surface area contributed by atoms with E-state index in [-0.39, 0.29) is 6.17 Å². The number of hydrogen-bond donors (Lipinski definition) is 0. The lowest BCUT2D eigenvalue weighted by atomic mass is 10.1. The molecule has 0 fully saturated rings. The molecule has 0 amide bonds. The fourth-order valence-corrected chi connectivity index (χ4v) is 1.97. The van der Waals surface area contributed by atoms with Gasteiger partial charge in [-0.1, -0.05) is 11.6 Å². The van der Waals surface area contributed by atoms with Crippen LogP contribution in [0.1, 0.15) is 11.1 Å². The number of azo groups is 1. The number of nitrogens with zero attached hydrogens (tertiary/aromatic N) is 3. The molecule has 0 saturated carbocycles. The summed E-state index contributed by atoms with van der Waals surface area (Å²) in [4.78, 5) is 1.81. The van der Waals surface area contributed by atoms with Crippen molar-refractivity contribution < 1.29 is 4.74 Å². The van der Waals surface area contributed by atoms with Crippen LogP contribution < -0.4 is 4.74 Å². The molecule has 4 nitrogen and oxygen atoms in total. The summed E-state index contributed by atoms with van der Waals surface area (Å²) in [6, 6.07) is 3.83. The van der Waals surface area contributed by atoms with Crippen molar-refractivity contribution >= 4 is 28.9 Å². The summed E-state index contributed by atoms with van der Waals surface area (Å²) in [5.74, 6) is 0.788. The topological polar surface area (TPSA) is 37.2 Å². The minimum absolute atomic E-state index is 0.145. The van der Waals surface area contributed by atoms with Crippen LogP contribution in [0.2, 0.25) is 5.02 Å². The highest BCUT2D eigenvalue weighted by atomic mass is 35.5. The van der Waals surface area contributed by atoms with E-state index in [2.05, 4.69) is 10.2 Å². The zero-order valence-corrected chi connectivity index (χ0v) is 12.0. The number of thiocarbonyl (C=S) groups is 1. The predicted molar refractivity (Wildman–Crippen MR) is 75.4 cm³/mol. The maximum absolute atomic E-state index is 6.10. The highest BCUT2D eigenvalue weighted by Gasteiger charge is 2.23. The van der Waals surface area contributed by atoms with Crippen LogP contribution >= 0.6 is 23.8 Å². The minimum atomic E-state index is -0.145. The van der Waals surface area contributed by atoms with Crippen LogP contribution in [0.15, 0.2) is 22.4 Å². The summed E-state index contributed by atoms with van der Waals surface area (Å²) in [7, 11) is 1.86.